The largest absolute Gasteiger partial charge is 0.459 e. The van der Waals surface area contributed by atoms with E-state index in [2.05, 4.69) is 0 Å². The predicted octanol–water partition coefficient (Wildman–Crippen LogP) is 9.42. The lowest BCUT2D eigenvalue weighted by atomic mass is 9.97. The second kappa shape index (κ2) is 27.8. The molecule has 0 radical (unpaired) electrons. The van der Waals surface area contributed by atoms with Crippen LogP contribution in [-0.2, 0) is 47.4 Å². The van der Waals surface area contributed by atoms with Crippen LogP contribution in [0.3, 0.4) is 0 Å². The van der Waals surface area contributed by atoms with Gasteiger partial charge in [0.2, 0.25) is 0 Å². The van der Waals surface area contributed by atoms with E-state index in [0.29, 0.717) is 5.75 Å². The Morgan fingerprint density at radius 3 is 0.938 bits per heavy atom. The molecule has 2 aliphatic rings. The van der Waals surface area contributed by atoms with Gasteiger partial charge in [-0.1, -0.05) is 134 Å². The summed E-state index contributed by atoms with van der Waals surface area (Å²) in [5.74, 6) is -5.76. The van der Waals surface area contributed by atoms with E-state index in [0.717, 1.165) is 0 Å². The third-order valence-corrected chi connectivity index (χ3v) is 13.9. The SMILES string of the molecule is CCS[C@@H]1O[C@H](CO[C@@H]2O[C@H](COC(=O)c3ccccc3)[C@@H](OC(=O)c3ccccc3)[C@H](OC(=O)c3ccccc3)[C@H]2OC(=O)c2ccccc2)[C@H](OC(=O)c2ccccc2)[C@H](OC(=O)c2ccccc2)[C@H]1OC(=O)c1ccccc1. The molecule has 2 aliphatic heterocycles. The van der Waals surface area contributed by atoms with Crippen molar-refractivity contribution in [2.45, 2.75) is 67.5 Å². The van der Waals surface area contributed by atoms with Crippen LogP contribution in [0.25, 0.3) is 0 Å². The molecule has 7 aromatic carbocycles. The molecule has 0 aliphatic carbocycles. The fraction of sp³-hybridized carbons (Fsp3) is 0.222. The molecule has 18 heteroatoms. The number of hydrogen-bond donors (Lipinski definition) is 0. The van der Waals surface area contributed by atoms with Crippen molar-refractivity contribution in [1.29, 1.82) is 0 Å². The summed E-state index contributed by atoms with van der Waals surface area (Å²) in [7, 11) is 0. The third-order valence-electron chi connectivity index (χ3n) is 12.8. The zero-order chi connectivity index (χ0) is 56.5. The van der Waals surface area contributed by atoms with Gasteiger partial charge in [-0.2, -0.15) is 0 Å². The molecule has 7 aromatic rings. The first-order chi connectivity index (χ1) is 39.5. The van der Waals surface area contributed by atoms with E-state index in [1.807, 2.05) is 6.92 Å². The first-order valence-corrected chi connectivity index (χ1v) is 26.9. The summed E-state index contributed by atoms with van der Waals surface area (Å²) in [5.41, 5.74) is -0.378. The summed E-state index contributed by atoms with van der Waals surface area (Å²) in [6.45, 7) is 0.518. The molecule has 0 unspecified atom stereocenters. The summed E-state index contributed by atoms with van der Waals surface area (Å²) in [6.07, 6.45) is -14.8. The van der Waals surface area contributed by atoms with Gasteiger partial charge >= 0.3 is 41.8 Å². The topological polar surface area (TPSA) is 212 Å². The highest BCUT2D eigenvalue weighted by Crippen LogP contribution is 2.37. The molecule has 0 N–H and O–H groups in total. The lowest BCUT2D eigenvalue weighted by Crippen LogP contribution is -2.64. The molecule has 17 nitrogen and oxygen atoms in total. The summed E-state index contributed by atoms with van der Waals surface area (Å²) in [6, 6.07) is 55.7. The Bertz CT molecular complexity index is 3210. The van der Waals surface area contributed by atoms with E-state index in [1.165, 1.54) is 84.6 Å². The van der Waals surface area contributed by atoms with Crippen LogP contribution < -0.4 is 0 Å². The molecule has 81 heavy (non-hydrogen) atoms. The Labute approximate surface area is 470 Å². The van der Waals surface area contributed by atoms with E-state index in [9.17, 15) is 33.6 Å². The van der Waals surface area contributed by atoms with E-state index >= 15 is 0 Å². The smallest absolute Gasteiger partial charge is 0.338 e. The number of rotatable bonds is 20. The van der Waals surface area contributed by atoms with Gasteiger partial charge in [0.1, 0.15) is 24.3 Å². The van der Waals surface area contributed by atoms with Gasteiger partial charge in [-0.25, -0.2) is 33.6 Å². The molecule has 414 valence electrons. The summed E-state index contributed by atoms with van der Waals surface area (Å²) in [4.78, 5) is 99.1. The van der Waals surface area contributed by atoms with E-state index < -0.39 is 116 Å². The van der Waals surface area contributed by atoms with Crippen LogP contribution in [0.1, 0.15) is 79.4 Å². The molecule has 0 bridgehead atoms. The van der Waals surface area contributed by atoms with Gasteiger partial charge in [-0.3, -0.25) is 0 Å². The van der Waals surface area contributed by atoms with Crippen LogP contribution in [-0.4, -0.2) is 121 Å². The Morgan fingerprint density at radius 2 is 0.605 bits per heavy atom. The summed E-state index contributed by atoms with van der Waals surface area (Å²) in [5, 5.41) is 0. The molecule has 0 amide bonds. The molecule has 2 heterocycles. The number of carbonyl (C=O) groups is 7. The van der Waals surface area contributed by atoms with Gasteiger partial charge in [0, 0.05) is 0 Å². The third kappa shape index (κ3) is 14.7. The van der Waals surface area contributed by atoms with Gasteiger partial charge < -0.3 is 47.4 Å². The minimum atomic E-state index is -1.83. The minimum Gasteiger partial charge on any atom is -0.459 e. The number of hydrogen-bond acceptors (Lipinski definition) is 18. The Balaban J connectivity index is 1.14. The number of ether oxygens (including phenoxy) is 10. The average Bonchev–Trinajstić information content (AvgIpc) is 3.59. The van der Waals surface area contributed by atoms with Crippen LogP contribution >= 0.6 is 11.8 Å². The zero-order valence-electron chi connectivity index (χ0n) is 43.5. The van der Waals surface area contributed by atoms with Crippen molar-refractivity contribution in [3.63, 3.8) is 0 Å². The molecular weight excluding hydrogens is 1060 g/mol. The van der Waals surface area contributed by atoms with E-state index in [1.54, 1.807) is 140 Å². The maximum Gasteiger partial charge on any atom is 0.338 e. The fourth-order valence-corrected chi connectivity index (χ4v) is 9.81. The highest BCUT2D eigenvalue weighted by atomic mass is 32.2. The Hall–Kier alpha value is -8.94. The first-order valence-electron chi connectivity index (χ1n) is 25.9. The van der Waals surface area contributed by atoms with Crippen LogP contribution in [0.15, 0.2) is 212 Å². The highest BCUT2D eigenvalue weighted by Gasteiger charge is 2.56. The molecule has 0 spiro atoms. The number of thioether (sulfide) groups is 1. The molecule has 9 rings (SSSR count). The second-order valence-electron chi connectivity index (χ2n) is 18.3. The average molecular weight is 1120 g/mol. The van der Waals surface area contributed by atoms with Gasteiger partial charge in [0.15, 0.2) is 42.9 Å². The van der Waals surface area contributed by atoms with Crippen molar-refractivity contribution in [2.75, 3.05) is 19.0 Å². The molecule has 0 saturated carbocycles. The minimum absolute atomic E-state index is 0.0585. The highest BCUT2D eigenvalue weighted by molar-refractivity contribution is 7.99. The summed E-state index contributed by atoms with van der Waals surface area (Å²) < 4.78 is 63.4. The summed E-state index contributed by atoms with van der Waals surface area (Å²) >= 11 is 1.19. The maximum absolute atomic E-state index is 14.4. The van der Waals surface area contributed by atoms with Crippen molar-refractivity contribution in [1.82, 2.24) is 0 Å². The van der Waals surface area contributed by atoms with Crippen molar-refractivity contribution in [3.05, 3.63) is 251 Å². The molecule has 10 atom stereocenters. The van der Waals surface area contributed by atoms with Crippen LogP contribution in [0, 0.1) is 0 Å². The van der Waals surface area contributed by atoms with Crippen LogP contribution in [0.2, 0.25) is 0 Å². The molecule has 0 aromatic heterocycles. The van der Waals surface area contributed by atoms with Gasteiger partial charge in [-0.05, 0) is 90.7 Å². The van der Waals surface area contributed by atoms with E-state index in [-0.39, 0.29) is 38.9 Å². The fourth-order valence-electron chi connectivity index (χ4n) is 8.86. The van der Waals surface area contributed by atoms with Gasteiger partial charge in [0.05, 0.1) is 45.6 Å². The Morgan fingerprint density at radius 1 is 0.333 bits per heavy atom. The van der Waals surface area contributed by atoms with Crippen LogP contribution in [0.5, 0.6) is 0 Å². The van der Waals surface area contributed by atoms with Crippen molar-refractivity contribution in [3.8, 4) is 0 Å². The zero-order valence-corrected chi connectivity index (χ0v) is 44.3. The van der Waals surface area contributed by atoms with Crippen molar-refractivity contribution in [2.24, 2.45) is 0 Å². The van der Waals surface area contributed by atoms with E-state index in [4.69, 9.17) is 47.4 Å². The van der Waals surface area contributed by atoms with Gasteiger partial charge in [-0.15, -0.1) is 11.8 Å². The maximum atomic E-state index is 14.4. The number of esters is 7. The van der Waals surface area contributed by atoms with Gasteiger partial charge in [0.25, 0.3) is 0 Å². The lowest BCUT2D eigenvalue weighted by Gasteiger charge is -2.46. The number of carbonyl (C=O) groups excluding carboxylic acids is 7. The van der Waals surface area contributed by atoms with Crippen molar-refractivity contribution < 1.29 is 80.9 Å². The normalized spacial score (nSPS) is 22.1. The molecule has 2 saturated heterocycles. The predicted molar refractivity (Wildman–Crippen MR) is 292 cm³/mol. The van der Waals surface area contributed by atoms with Crippen LogP contribution in [0.4, 0.5) is 0 Å². The molecular formula is C63H54O17S. The van der Waals surface area contributed by atoms with Crippen molar-refractivity contribution >= 4 is 53.5 Å². The first kappa shape index (κ1) is 56.8. The lowest BCUT2D eigenvalue weighted by molar-refractivity contribution is -0.309. The standard InChI is InChI=1S/C63H54O17S/c1-2-81-63-54(80-61(70)46-36-22-9-23-37-46)52(78-59(68)44-32-18-7-19-33-44)50(76-57(66)42-28-14-5-15-29-42)48(74-63)39-72-62-53(79-60(69)45-34-20-8-21-35-45)51(77-58(67)43-30-16-6-17-31-43)49(75-56(65)41-26-12-4-13-27-41)47(73-62)38-71-55(64)40-24-10-3-11-25-40/h3-37,47-54,62-63H,2,38-39H2,1H3/t47-,48-,49-,50+,51+,52+,53-,54-,62-,63+/m1/s1. The number of benzene rings is 7. The second-order valence-corrected chi connectivity index (χ2v) is 19.6. The molecule has 2 fully saturated rings. The quantitative estimate of drug-likeness (QED) is 0.0514. The monoisotopic (exact) mass is 1110 g/mol. The Kier molecular flexibility index (Phi) is 19.5.